The highest BCUT2D eigenvalue weighted by atomic mass is 14.9. The number of nitrogens with zero attached hydrogens (tertiary/aromatic N) is 4. The number of hydrogen-bond donors (Lipinski definition) is 0. The number of aromatic nitrogens is 4. The van der Waals surface area contributed by atoms with E-state index in [1.54, 1.807) is 0 Å². The molecule has 12 aromatic rings. The zero-order chi connectivity index (χ0) is 40.3. The first-order valence-corrected chi connectivity index (χ1v) is 20.7. The van der Waals surface area contributed by atoms with Gasteiger partial charge in [-0.15, -0.1) is 0 Å². The van der Waals surface area contributed by atoms with Gasteiger partial charge in [-0.1, -0.05) is 164 Å². The minimum absolute atomic E-state index is 0.671. The van der Waals surface area contributed by atoms with E-state index in [0.717, 1.165) is 50.5 Å². The van der Waals surface area contributed by atoms with Crippen LogP contribution in [0, 0.1) is 0 Å². The van der Waals surface area contributed by atoms with E-state index in [0.29, 0.717) is 5.82 Å². The lowest BCUT2D eigenvalue weighted by atomic mass is 9.96. The largest absolute Gasteiger partial charge is 0.308 e. The van der Waals surface area contributed by atoms with Crippen LogP contribution >= 0.6 is 0 Å². The SMILES string of the molecule is c1ccc(-c2ccc3c4cccc5c6ccc(-c7cccc(-c8cccc(-c9cc(-c%10ccccc%10)nc(-c%10cccc(-c%11ccccn%11)c%10)n9)c8)c7)cc6n(c3c2)c45)cc1. The average Bonchev–Trinajstić information content (AvgIpc) is 3.87. The minimum atomic E-state index is 0.671. The summed E-state index contributed by atoms with van der Waals surface area (Å²) in [5.41, 5.74) is 17.5. The highest BCUT2D eigenvalue weighted by molar-refractivity contribution is 6.23. The Kier molecular flexibility index (Phi) is 8.13. The number of benzene rings is 8. The third kappa shape index (κ3) is 6.04. The molecule has 0 saturated heterocycles. The van der Waals surface area contributed by atoms with Gasteiger partial charge in [-0.2, -0.15) is 0 Å². The normalized spacial score (nSPS) is 11.6. The van der Waals surface area contributed by atoms with Gasteiger partial charge in [0.1, 0.15) is 0 Å². The maximum absolute atomic E-state index is 5.21. The molecule has 0 atom stereocenters. The zero-order valence-corrected chi connectivity index (χ0v) is 33.1. The van der Waals surface area contributed by atoms with E-state index in [1.807, 2.05) is 36.5 Å². The van der Waals surface area contributed by atoms with Crippen LogP contribution in [0.25, 0.3) is 117 Å². The Morgan fingerprint density at radius 1 is 0.279 bits per heavy atom. The van der Waals surface area contributed by atoms with Crippen LogP contribution in [0.15, 0.2) is 219 Å². The van der Waals surface area contributed by atoms with Crippen LogP contribution in [0.5, 0.6) is 0 Å². The fourth-order valence-electron chi connectivity index (χ4n) is 9.04. The summed E-state index contributed by atoms with van der Waals surface area (Å²) in [5, 5.41) is 5.12. The van der Waals surface area contributed by atoms with Gasteiger partial charge in [-0.3, -0.25) is 4.98 Å². The van der Waals surface area contributed by atoms with Gasteiger partial charge in [0, 0.05) is 50.0 Å². The average molecular weight is 777 g/mol. The smallest absolute Gasteiger partial charge is 0.160 e. The van der Waals surface area contributed by atoms with Crippen LogP contribution in [0.3, 0.4) is 0 Å². The number of fused-ring (bicyclic) bond motifs is 6. The first kappa shape index (κ1) is 34.8. The molecule has 0 saturated carbocycles. The molecule has 0 bridgehead atoms. The zero-order valence-electron chi connectivity index (χ0n) is 33.1. The maximum Gasteiger partial charge on any atom is 0.160 e. The summed E-state index contributed by atoms with van der Waals surface area (Å²) < 4.78 is 2.48. The Morgan fingerprint density at radius 2 is 0.738 bits per heavy atom. The molecule has 4 aromatic heterocycles. The molecule has 0 aliphatic heterocycles. The summed E-state index contributed by atoms with van der Waals surface area (Å²) in [6, 6.07) is 75.5. The Hall–Kier alpha value is -8.21. The van der Waals surface area contributed by atoms with E-state index >= 15 is 0 Å². The Labute approximate surface area is 353 Å². The van der Waals surface area contributed by atoms with Crippen molar-refractivity contribution in [3.8, 4) is 78.5 Å². The molecule has 0 amide bonds. The summed E-state index contributed by atoms with van der Waals surface area (Å²) in [6.45, 7) is 0. The summed E-state index contributed by atoms with van der Waals surface area (Å²) in [4.78, 5) is 14.9. The summed E-state index contributed by atoms with van der Waals surface area (Å²) in [7, 11) is 0. The van der Waals surface area contributed by atoms with E-state index in [-0.39, 0.29) is 0 Å². The number of rotatable bonds is 7. The van der Waals surface area contributed by atoms with Crippen molar-refractivity contribution in [1.29, 1.82) is 0 Å². The van der Waals surface area contributed by atoms with Gasteiger partial charge in [-0.25, -0.2) is 9.97 Å². The second-order valence-electron chi connectivity index (χ2n) is 15.7. The first-order valence-electron chi connectivity index (χ1n) is 20.7. The van der Waals surface area contributed by atoms with E-state index in [1.165, 1.54) is 60.3 Å². The van der Waals surface area contributed by atoms with E-state index < -0.39 is 0 Å². The first-order chi connectivity index (χ1) is 30.2. The van der Waals surface area contributed by atoms with E-state index in [9.17, 15) is 0 Å². The molecule has 0 spiro atoms. The molecule has 4 heteroatoms. The van der Waals surface area contributed by atoms with Crippen molar-refractivity contribution in [3.63, 3.8) is 0 Å². The molecule has 0 radical (unpaired) electrons. The van der Waals surface area contributed by atoms with Gasteiger partial charge >= 0.3 is 0 Å². The number of hydrogen-bond acceptors (Lipinski definition) is 3. The molecule has 8 aromatic carbocycles. The quantitative estimate of drug-likeness (QED) is 0.162. The van der Waals surface area contributed by atoms with E-state index in [2.05, 4.69) is 191 Å². The van der Waals surface area contributed by atoms with E-state index in [4.69, 9.17) is 9.97 Å². The minimum Gasteiger partial charge on any atom is -0.308 e. The third-order valence-corrected chi connectivity index (χ3v) is 12.0. The molecule has 0 N–H and O–H groups in total. The molecule has 12 rings (SSSR count). The Morgan fingerprint density at radius 3 is 1.36 bits per heavy atom. The third-order valence-electron chi connectivity index (χ3n) is 12.0. The van der Waals surface area contributed by atoms with Crippen molar-refractivity contribution < 1.29 is 0 Å². The maximum atomic E-state index is 5.21. The highest BCUT2D eigenvalue weighted by Crippen LogP contribution is 2.42. The van der Waals surface area contributed by atoms with Crippen molar-refractivity contribution >= 4 is 38.1 Å². The molecule has 0 aliphatic carbocycles. The van der Waals surface area contributed by atoms with Crippen molar-refractivity contribution in [2.75, 3.05) is 0 Å². The summed E-state index contributed by atoms with van der Waals surface area (Å²) in [5.74, 6) is 0.671. The molecule has 284 valence electrons. The molecule has 0 aliphatic rings. The molecule has 0 fully saturated rings. The lowest BCUT2D eigenvalue weighted by molar-refractivity contribution is 1.18. The van der Waals surface area contributed by atoms with Crippen LogP contribution in [0.1, 0.15) is 0 Å². The summed E-state index contributed by atoms with van der Waals surface area (Å²) in [6.07, 6.45) is 1.82. The van der Waals surface area contributed by atoms with Crippen molar-refractivity contribution in [3.05, 3.63) is 219 Å². The highest BCUT2D eigenvalue weighted by Gasteiger charge is 2.19. The number of pyridine rings is 1. The summed E-state index contributed by atoms with van der Waals surface area (Å²) >= 11 is 0. The van der Waals surface area contributed by atoms with Crippen LogP contribution in [-0.4, -0.2) is 19.4 Å². The lowest BCUT2D eigenvalue weighted by Gasteiger charge is -2.12. The molecule has 61 heavy (non-hydrogen) atoms. The molecule has 0 unspecified atom stereocenters. The monoisotopic (exact) mass is 776 g/mol. The Balaban J connectivity index is 0.949. The lowest BCUT2D eigenvalue weighted by Crippen LogP contribution is -1.96. The second kappa shape index (κ2) is 14.3. The van der Waals surface area contributed by atoms with Gasteiger partial charge in [0.25, 0.3) is 0 Å². The predicted molar refractivity (Wildman–Crippen MR) is 253 cm³/mol. The fourth-order valence-corrected chi connectivity index (χ4v) is 9.04. The standard InChI is InChI=1S/C57H36N4/c1-3-13-37(14-4-1)42-26-28-47-49-23-12-24-50-48-29-27-43(35-55(48)61(56(49)50)54(47)34-42)40-18-9-17-39(31-40)41-19-10-21-45(32-41)53-36-52(38-15-5-2-6-16-38)59-57(60-53)46-22-11-20-44(33-46)51-25-7-8-30-58-51/h1-36H. The second-order valence-corrected chi connectivity index (χ2v) is 15.7. The van der Waals surface area contributed by atoms with Gasteiger partial charge in [-0.05, 0) is 81.9 Å². The molecular weight excluding hydrogens is 741 g/mol. The molecular formula is C57H36N4. The van der Waals surface area contributed by atoms with Crippen molar-refractivity contribution in [1.82, 2.24) is 19.4 Å². The van der Waals surface area contributed by atoms with Crippen LogP contribution in [0.4, 0.5) is 0 Å². The topological polar surface area (TPSA) is 43.1 Å². The van der Waals surface area contributed by atoms with Crippen molar-refractivity contribution in [2.24, 2.45) is 0 Å². The van der Waals surface area contributed by atoms with Crippen molar-refractivity contribution in [2.45, 2.75) is 0 Å². The van der Waals surface area contributed by atoms with Gasteiger partial charge < -0.3 is 4.40 Å². The number of para-hydroxylation sites is 1. The van der Waals surface area contributed by atoms with Gasteiger partial charge in [0.15, 0.2) is 5.82 Å². The predicted octanol–water partition coefficient (Wildman–Crippen LogP) is 14.7. The van der Waals surface area contributed by atoms with Gasteiger partial charge in [0.05, 0.1) is 33.6 Å². The van der Waals surface area contributed by atoms with Crippen LogP contribution in [0.2, 0.25) is 0 Å². The molecule has 4 nitrogen and oxygen atoms in total. The fraction of sp³-hybridized carbons (Fsp3) is 0. The van der Waals surface area contributed by atoms with Crippen LogP contribution in [-0.2, 0) is 0 Å². The molecule has 4 heterocycles. The van der Waals surface area contributed by atoms with Crippen LogP contribution < -0.4 is 0 Å². The Bertz CT molecular complexity index is 3570. The van der Waals surface area contributed by atoms with Gasteiger partial charge in [0.2, 0.25) is 0 Å².